The van der Waals surface area contributed by atoms with Crippen molar-refractivity contribution in [3.63, 3.8) is 0 Å². The van der Waals surface area contributed by atoms with Crippen molar-refractivity contribution in [2.24, 2.45) is 0 Å². The molecule has 1 aromatic heterocycles. The minimum Gasteiger partial charge on any atom is -0.447 e. The summed E-state index contributed by atoms with van der Waals surface area (Å²) in [6.07, 6.45) is 4.97. The predicted octanol–water partition coefficient (Wildman–Crippen LogP) is 6.01. The second kappa shape index (κ2) is 7.56. The monoisotopic (exact) mass is 294 g/mol. The van der Waals surface area contributed by atoms with Gasteiger partial charge in [-0.2, -0.15) is 0 Å². The molecule has 2 aromatic rings. The molecule has 0 aliphatic carbocycles. The van der Waals surface area contributed by atoms with Gasteiger partial charge < -0.3 is 4.74 Å². The minimum atomic E-state index is 0.543. The van der Waals surface area contributed by atoms with Crippen molar-refractivity contribution in [2.45, 2.75) is 38.5 Å². The van der Waals surface area contributed by atoms with E-state index in [1.165, 1.54) is 24.8 Å². The molecule has 0 radical (unpaired) electrons. The third kappa shape index (κ3) is 4.55. The fourth-order valence-electron chi connectivity index (χ4n) is 1.88. The van der Waals surface area contributed by atoms with Gasteiger partial charge in [-0.05, 0) is 47.5 Å². The number of unbranched alkanes of at least 4 members (excludes halogenated alkanes) is 2. The van der Waals surface area contributed by atoms with Crippen molar-refractivity contribution in [2.75, 3.05) is 0 Å². The minimum absolute atomic E-state index is 0.543. The molecule has 1 heterocycles. The zero-order valence-corrected chi connectivity index (χ0v) is 12.8. The van der Waals surface area contributed by atoms with Crippen molar-refractivity contribution in [1.29, 1.82) is 0 Å². The third-order valence-electron chi connectivity index (χ3n) is 2.99. The summed E-state index contributed by atoms with van der Waals surface area (Å²) in [5.74, 6) is 1.41. The molecule has 0 aliphatic heterocycles. The Morgan fingerprint density at radius 2 is 1.89 bits per heavy atom. The summed E-state index contributed by atoms with van der Waals surface area (Å²) in [7, 11) is 0. The quantitative estimate of drug-likeness (QED) is 0.449. The van der Waals surface area contributed by atoms with E-state index in [2.05, 4.69) is 18.4 Å². The maximum atomic E-state index is 5.84. The molecule has 102 valence electrons. The Bertz CT molecular complexity index is 490. The zero-order valence-electron chi connectivity index (χ0n) is 11.2. The highest BCUT2D eigenvalue weighted by atomic mass is 35.5. The van der Waals surface area contributed by atoms with Gasteiger partial charge in [-0.3, -0.25) is 0 Å². The fourth-order valence-corrected chi connectivity index (χ4v) is 2.88. The van der Waals surface area contributed by atoms with Crippen LogP contribution >= 0.6 is 22.9 Å². The van der Waals surface area contributed by atoms with Crippen LogP contribution in [0.15, 0.2) is 35.7 Å². The van der Waals surface area contributed by atoms with E-state index in [1.807, 2.05) is 24.3 Å². The van der Waals surface area contributed by atoms with Crippen LogP contribution in [0.2, 0.25) is 0 Å². The first-order chi connectivity index (χ1) is 9.31. The van der Waals surface area contributed by atoms with Gasteiger partial charge in [-0.1, -0.05) is 31.9 Å². The molecule has 0 fully saturated rings. The summed E-state index contributed by atoms with van der Waals surface area (Å²) in [6, 6.07) is 10.1. The van der Waals surface area contributed by atoms with E-state index in [9.17, 15) is 0 Å². The SMILES string of the molecule is CCCCCc1csc(Oc2ccc(CCl)cc2)c1. The van der Waals surface area contributed by atoms with E-state index in [4.69, 9.17) is 16.3 Å². The topological polar surface area (TPSA) is 9.23 Å². The lowest BCUT2D eigenvalue weighted by Gasteiger charge is -2.03. The summed E-state index contributed by atoms with van der Waals surface area (Å²) in [6.45, 7) is 2.23. The Hall–Kier alpha value is -0.990. The van der Waals surface area contributed by atoms with Gasteiger partial charge in [0.25, 0.3) is 0 Å². The summed E-state index contributed by atoms with van der Waals surface area (Å²) < 4.78 is 5.84. The Labute approximate surface area is 124 Å². The molecule has 19 heavy (non-hydrogen) atoms. The molecular formula is C16H19ClOS. The molecule has 0 amide bonds. The van der Waals surface area contributed by atoms with Crippen LogP contribution in [0.25, 0.3) is 0 Å². The summed E-state index contributed by atoms with van der Waals surface area (Å²) in [4.78, 5) is 0. The lowest BCUT2D eigenvalue weighted by atomic mass is 10.1. The molecule has 0 bridgehead atoms. The normalized spacial score (nSPS) is 10.6. The summed E-state index contributed by atoms with van der Waals surface area (Å²) >= 11 is 7.43. The number of hydrogen-bond donors (Lipinski definition) is 0. The summed E-state index contributed by atoms with van der Waals surface area (Å²) in [5.41, 5.74) is 2.49. The van der Waals surface area contributed by atoms with Gasteiger partial charge in [-0.25, -0.2) is 0 Å². The van der Waals surface area contributed by atoms with Crippen LogP contribution < -0.4 is 4.74 Å². The lowest BCUT2D eigenvalue weighted by molar-refractivity contribution is 0.496. The third-order valence-corrected chi connectivity index (χ3v) is 4.16. The van der Waals surface area contributed by atoms with Crippen LogP contribution in [0.1, 0.15) is 37.3 Å². The maximum Gasteiger partial charge on any atom is 0.181 e. The Morgan fingerprint density at radius 1 is 1.11 bits per heavy atom. The molecule has 1 aromatic carbocycles. The maximum absolute atomic E-state index is 5.84. The molecule has 3 heteroatoms. The van der Waals surface area contributed by atoms with E-state index < -0.39 is 0 Å². The van der Waals surface area contributed by atoms with E-state index in [1.54, 1.807) is 11.3 Å². The fraction of sp³-hybridized carbons (Fsp3) is 0.375. The highest BCUT2D eigenvalue weighted by Crippen LogP contribution is 2.29. The number of thiophene rings is 1. The number of hydrogen-bond acceptors (Lipinski definition) is 2. The van der Waals surface area contributed by atoms with E-state index in [-0.39, 0.29) is 0 Å². The van der Waals surface area contributed by atoms with Crippen molar-refractivity contribution < 1.29 is 4.74 Å². The van der Waals surface area contributed by atoms with Gasteiger partial charge in [0.05, 0.1) is 0 Å². The number of alkyl halides is 1. The molecular weight excluding hydrogens is 276 g/mol. The molecule has 0 N–H and O–H groups in total. The number of rotatable bonds is 7. The molecule has 0 aliphatic rings. The van der Waals surface area contributed by atoms with Crippen LogP contribution in [-0.4, -0.2) is 0 Å². The summed E-state index contributed by atoms with van der Waals surface area (Å²) in [5, 5.41) is 3.16. The van der Waals surface area contributed by atoms with Crippen molar-refractivity contribution in [1.82, 2.24) is 0 Å². The van der Waals surface area contributed by atoms with E-state index >= 15 is 0 Å². The Morgan fingerprint density at radius 3 is 2.58 bits per heavy atom. The first kappa shape index (κ1) is 14.4. The van der Waals surface area contributed by atoms with Gasteiger partial charge in [0.2, 0.25) is 0 Å². The van der Waals surface area contributed by atoms with Gasteiger partial charge in [-0.15, -0.1) is 22.9 Å². The zero-order chi connectivity index (χ0) is 13.5. The number of aryl methyl sites for hydroxylation is 1. The van der Waals surface area contributed by atoms with Crippen molar-refractivity contribution >= 4 is 22.9 Å². The smallest absolute Gasteiger partial charge is 0.181 e. The van der Waals surface area contributed by atoms with Crippen LogP contribution in [-0.2, 0) is 12.3 Å². The number of benzene rings is 1. The largest absolute Gasteiger partial charge is 0.447 e. The first-order valence-corrected chi connectivity index (χ1v) is 8.13. The molecule has 0 saturated heterocycles. The van der Waals surface area contributed by atoms with Crippen LogP contribution in [0, 0.1) is 0 Å². The van der Waals surface area contributed by atoms with Gasteiger partial charge in [0, 0.05) is 5.88 Å². The van der Waals surface area contributed by atoms with Crippen LogP contribution in [0.5, 0.6) is 10.8 Å². The highest BCUT2D eigenvalue weighted by Gasteiger charge is 2.02. The first-order valence-electron chi connectivity index (χ1n) is 6.72. The molecule has 0 atom stereocenters. The number of ether oxygens (including phenoxy) is 1. The standard InChI is InChI=1S/C16H19ClOS/c1-2-3-4-5-14-10-16(19-12-14)18-15-8-6-13(11-17)7-9-15/h6-10,12H,2-5,11H2,1H3. The molecule has 0 saturated carbocycles. The second-order valence-electron chi connectivity index (χ2n) is 4.61. The molecule has 0 unspecified atom stereocenters. The Kier molecular flexibility index (Phi) is 5.74. The van der Waals surface area contributed by atoms with E-state index in [0.717, 1.165) is 22.8 Å². The van der Waals surface area contributed by atoms with Gasteiger partial charge >= 0.3 is 0 Å². The van der Waals surface area contributed by atoms with Crippen molar-refractivity contribution in [3.05, 3.63) is 46.8 Å². The van der Waals surface area contributed by atoms with Gasteiger partial charge in [0.1, 0.15) is 5.75 Å². The predicted molar refractivity (Wildman–Crippen MR) is 83.6 cm³/mol. The second-order valence-corrected chi connectivity index (χ2v) is 5.75. The molecule has 2 rings (SSSR count). The Balaban J connectivity index is 1.91. The highest BCUT2D eigenvalue weighted by molar-refractivity contribution is 7.12. The van der Waals surface area contributed by atoms with Crippen LogP contribution in [0.4, 0.5) is 0 Å². The van der Waals surface area contributed by atoms with Gasteiger partial charge in [0.15, 0.2) is 5.06 Å². The van der Waals surface area contributed by atoms with E-state index in [0.29, 0.717) is 5.88 Å². The molecule has 1 nitrogen and oxygen atoms in total. The van der Waals surface area contributed by atoms with Crippen molar-refractivity contribution in [3.8, 4) is 10.8 Å². The lowest BCUT2D eigenvalue weighted by Crippen LogP contribution is -1.83. The molecule has 0 spiro atoms. The average molecular weight is 295 g/mol. The van der Waals surface area contributed by atoms with Crippen LogP contribution in [0.3, 0.4) is 0 Å². The number of halogens is 1. The average Bonchev–Trinajstić information content (AvgIpc) is 2.88.